The molecule has 2 N–H and O–H groups in total. The number of aryl methyl sites for hydroxylation is 1. The number of rotatable bonds is 5. The van der Waals surface area contributed by atoms with Crippen molar-refractivity contribution in [1.82, 2.24) is 25.4 Å². The molecule has 2 aromatic heterocycles. The Morgan fingerprint density at radius 2 is 2.17 bits per heavy atom. The van der Waals surface area contributed by atoms with Gasteiger partial charge < -0.3 is 19.9 Å². The number of nitrogens with zero attached hydrogens (tertiary/aromatic N) is 4. The van der Waals surface area contributed by atoms with Crippen LogP contribution in [0.15, 0.2) is 22.5 Å². The fourth-order valence-electron chi connectivity index (χ4n) is 4.36. The van der Waals surface area contributed by atoms with Crippen LogP contribution in [0.5, 0.6) is 0 Å². The maximum Gasteiger partial charge on any atom is 0.192 e. The lowest BCUT2D eigenvalue weighted by atomic mass is 9.78. The second kappa shape index (κ2) is 10.9. The molecular formula is C21H33IN6OS. The molecule has 1 saturated carbocycles. The van der Waals surface area contributed by atoms with Crippen molar-refractivity contribution >= 4 is 41.3 Å². The number of aliphatic imine (C=N–C) groups is 1. The quantitative estimate of drug-likeness (QED) is 0.339. The van der Waals surface area contributed by atoms with Crippen molar-refractivity contribution in [3.63, 3.8) is 0 Å². The van der Waals surface area contributed by atoms with Crippen LogP contribution in [0.3, 0.4) is 0 Å². The fraction of sp³-hybridized carbons (Fsp3) is 0.667. The number of thiophene rings is 1. The zero-order valence-corrected chi connectivity index (χ0v) is 21.0. The average Bonchev–Trinajstić information content (AvgIpc) is 3.36. The molecule has 2 fully saturated rings. The van der Waals surface area contributed by atoms with Gasteiger partial charge in [0.05, 0.1) is 12.1 Å². The van der Waals surface area contributed by atoms with E-state index >= 15 is 0 Å². The molecule has 166 valence electrons. The Morgan fingerprint density at radius 1 is 1.33 bits per heavy atom. The first-order valence-electron chi connectivity index (χ1n) is 10.7. The number of guanidine groups is 1. The van der Waals surface area contributed by atoms with Gasteiger partial charge in [-0.1, -0.05) is 25.3 Å². The van der Waals surface area contributed by atoms with Crippen molar-refractivity contribution in [2.75, 3.05) is 6.61 Å². The minimum Gasteiger partial charge on any atom is -0.375 e. The first-order chi connectivity index (χ1) is 14.1. The Hall–Kier alpha value is -1.20. The van der Waals surface area contributed by atoms with Crippen LogP contribution in [0.2, 0.25) is 0 Å². The molecule has 0 radical (unpaired) electrons. The molecule has 0 amide bonds. The summed E-state index contributed by atoms with van der Waals surface area (Å²) in [5.41, 5.74) is 0.0771. The Balaban J connectivity index is 0.00000256. The van der Waals surface area contributed by atoms with Crippen molar-refractivity contribution < 1.29 is 4.74 Å². The summed E-state index contributed by atoms with van der Waals surface area (Å²) in [6.07, 6.45) is 8.39. The Kier molecular flexibility index (Phi) is 8.52. The number of ether oxygens (including phenoxy) is 1. The Bertz CT molecular complexity index is 810. The third-order valence-electron chi connectivity index (χ3n) is 6.17. The molecule has 3 heterocycles. The number of aromatic nitrogens is 3. The lowest BCUT2D eigenvalue weighted by Gasteiger charge is -2.44. The third kappa shape index (κ3) is 5.94. The van der Waals surface area contributed by atoms with E-state index in [2.05, 4.69) is 38.3 Å². The lowest BCUT2D eigenvalue weighted by molar-refractivity contribution is -0.107. The first-order valence-corrected chi connectivity index (χ1v) is 11.6. The number of hydrogen-bond donors (Lipinski definition) is 2. The van der Waals surface area contributed by atoms with Crippen LogP contribution in [0.4, 0.5) is 0 Å². The molecule has 1 aliphatic carbocycles. The molecule has 1 atom stereocenters. The van der Waals surface area contributed by atoms with E-state index in [1.165, 1.54) is 37.0 Å². The van der Waals surface area contributed by atoms with Gasteiger partial charge in [-0.3, -0.25) is 0 Å². The van der Waals surface area contributed by atoms with Crippen molar-refractivity contribution in [1.29, 1.82) is 0 Å². The van der Waals surface area contributed by atoms with Gasteiger partial charge in [0, 0.05) is 24.6 Å². The van der Waals surface area contributed by atoms with Crippen molar-refractivity contribution in [3.8, 4) is 0 Å². The van der Waals surface area contributed by atoms with E-state index in [4.69, 9.17) is 9.73 Å². The average molecular weight is 545 g/mol. The summed E-state index contributed by atoms with van der Waals surface area (Å²) >= 11 is 1.76. The van der Waals surface area contributed by atoms with E-state index in [1.807, 2.05) is 18.5 Å². The summed E-state index contributed by atoms with van der Waals surface area (Å²) < 4.78 is 8.26. The molecule has 4 rings (SSSR count). The SMILES string of the molecule is Cc1nnc(CN=C(NCc2cccs2)NC2CCOC3(CCCCC3)C2)n1C.I. The Morgan fingerprint density at radius 3 is 2.87 bits per heavy atom. The van der Waals surface area contributed by atoms with E-state index in [0.717, 1.165) is 43.6 Å². The van der Waals surface area contributed by atoms with Gasteiger partial charge in [-0.2, -0.15) is 0 Å². The highest BCUT2D eigenvalue weighted by molar-refractivity contribution is 14.0. The molecular weight excluding hydrogens is 511 g/mol. The fourth-order valence-corrected chi connectivity index (χ4v) is 5.01. The maximum absolute atomic E-state index is 6.26. The van der Waals surface area contributed by atoms with Crippen LogP contribution in [-0.2, 0) is 24.9 Å². The first kappa shape index (κ1) is 23.5. The van der Waals surface area contributed by atoms with E-state index in [1.54, 1.807) is 11.3 Å². The summed E-state index contributed by atoms with van der Waals surface area (Å²) in [4.78, 5) is 6.13. The molecule has 1 unspecified atom stereocenters. The van der Waals surface area contributed by atoms with Crippen molar-refractivity contribution in [2.24, 2.45) is 12.0 Å². The highest BCUT2D eigenvalue weighted by Crippen LogP contribution is 2.38. The van der Waals surface area contributed by atoms with Gasteiger partial charge in [0.15, 0.2) is 11.8 Å². The van der Waals surface area contributed by atoms with Gasteiger partial charge >= 0.3 is 0 Å². The molecule has 1 saturated heterocycles. The van der Waals surface area contributed by atoms with Gasteiger partial charge in [-0.25, -0.2) is 4.99 Å². The smallest absolute Gasteiger partial charge is 0.192 e. The second-order valence-corrected chi connectivity index (χ2v) is 9.28. The summed E-state index contributed by atoms with van der Waals surface area (Å²) in [7, 11) is 1.98. The van der Waals surface area contributed by atoms with E-state index in [0.29, 0.717) is 12.6 Å². The van der Waals surface area contributed by atoms with Gasteiger partial charge in [0.2, 0.25) is 0 Å². The molecule has 1 spiro atoms. The standard InChI is InChI=1S/C21H32N6OS.HI/c1-16-25-26-19(27(16)2)15-23-20(22-14-18-7-6-12-29-18)24-17-8-11-28-21(13-17)9-4-3-5-10-21;/h6-7,12,17H,3-5,8-11,13-15H2,1-2H3,(H2,22,23,24);1H. The van der Waals surface area contributed by atoms with Crippen LogP contribution in [0.1, 0.15) is 61.5 Å². The van der Waals surface area contributed by atoms with E-state index < -0.39 is 0 Å². The molecule has 1 aliphatic heterocycles. The summed E-state index contributed by atoms with van der Waals surface area (Å²) in [6.45, 7) is 4.07. The minimum atomic E-state index is 0. The van der Waals surface area contributed by atoms with Gasteiger partial charge in [-0.15, -0.1) is 45.5 Å². The van der Waals surface area contributed by atoms with Gasteiger partial charge in [-0.05, 0) is 44.1 Å². The summed E-state index contributed by atoms with van der Waals surface area (Å²) in [5, 5.41) is 17.7. The predicted molar refractivity (Wildman–Crippen MR) is 131 cm³/mol. The highest BCUT2D eigenvalue weighted by Gasteiger charge is 2.38. The molecule has 9 heteroatoms. The van der Waals surface area contributed by atoms with Crippen LogP contribution in [0.25, 0.3) is 0 Å². The summed E-state index contributed by atoms with van der Waals surface area (Å²) in [6, 6.07) is 4.62. The molecule has 2 aliphatic rings. The van der Waals surface area contributed by atoms with Crippen LogP contribution in [-0.4, -0.2) is 39.0 Å². The van der Waals surface area contributed by atoms with Gasteiger partial charge in [0.1, 0.15) is 12.4 Å². The van der Waals surface area contributed by atoms with Gasteiger partial charge in [0.25, 0.3) is 0 Å². The molecule has 0 aromatic carbocycles. The predicted octanol–water partition coefficient (Wildman–Crippen LogP) is 3.92. The molecule has 30 heavy (non-hydrogen) atoms. The van der Waals surface area contributed by atoms with Crippen LogP contribution < -0.4 is 10.6 Å². The Labute approximate surface area is 200 Å². The molecule has 7 nitrogen and oxygen atoms in total. The zero-order valence-electron chi connectivity index (χ0n) is 17.9. The highest BCUT2D eigenvalue weighted by atomic mass is 127. The number of halogens is 1. The van der Waals surface area contributed by atoms with Crippen molar-refractivity contribution in [2.45, 2.75) is 76.6 Å². The molecule has 2 aromatic rings. The summed E-state index contributed by atoms with van der Waals surface area (Å²) in [5.74, 6) is 2.62. The third-order valence-corrected chi connectivity index (χ3v) is 7.05. The minimum absolute atomic E-state index is 0. The van der Waals surface area contributed by atoms with Crippen LogP contribution in [0, 0.1) is 6.92 Å². The maximum atomic E-state index is 6.26. The largest absolute Gasteiger partial charge is 0.375 e. The zero-order chi connectivity index (χ0) is 20.1. The number of hydrogen-bond acceptors (Lipinski definition) is 5. The normalized spacial score (nSPS) is 21.3. The molecule has 0 bridgehead atoms. The lowest BCUT2D eigenvalue weighted by Crippen LogP contribution is -2.52. The topological polar surface area (TPSA) is 76.4 Å². The van der Waals surface area contributed by atoms with Crippen molar-refractivity contribution in [3.05, 3.63) is 34.0 Å². The number of nitrogens with one attached hydrogen (secondary N) is 2. The van der Waals surface area contributed by atoms with Crippen LogP contribution >= 0.6 is 35.3 Å². The second-order valence-electron chi connectivity index (χ2n) is 8.25. The van der Waals surface area contributed by atoms with E-state index in [9.17, 15) is 0 Å². The monoisotopic (exact) mass is 544 g/mol. The van der Waals surface area contributed by atoms with E-state index in [-0.39, 0.29) is 29.6 Å².